The van der Waals surface area contributed by atoms with E-state index >= 15 is 0 Å². The third-order valence-corrected chi connectivity index (χ3v) is 21.9. The molecule has 0 aromatic rings. The van der Waals surface area contributed by atoms with E-state index in [-0.39, 0.29) is 25.7 Å². The number of hydrogen-bond acceptors (Lipinski definition) is 15. The van der Waals surface area contributed by atoms with Crippen molar-refractivity contribution in [2.24, 2.45) is 11.8 Å². The Morgan fingerprint density at radius 3 is 0.654 bits per heavy atom. The molecule has 3 N–H and O–H groups in total. The summed E-state index contributed by atoms with van der Waals surface area (Å²) in [6, 6.07) is 0. The monoisotopic (exact) mass is 1520 g/mol. The van der Waals surface area contributed by atoms with Crippen LogP contribution in [0.2, 0.25) is 0 Å². The summed E-state index contributed by atoms with van der Waals surface area (Å²) < 4.78 is 68.9. The van der Waals surface area contributed by atoms with E-state index < -0.39 is 97.5 Å². The van der Waals surface area contributed by atoms with Gasteiger partial charge in [-0.05, 0) is 37.5 Å². The Labute approximate surface area is 638 Å². The topological polar surface area (TPSA) is 237 Å². The van der Waals surface area contributed by atoms with Crippen LogP contribution < -0.4 is 0 Å². The fraction of sp³-hybridized carbons (Fsp3) is 0.953. The van der Waals surface area contributed by atoms with Gasteiger partial charge in [0.25, 0.3) is 0 Å². The molecule has 19 heteroatoms. The van der Waals surface area contributed by atoms with Gasteiger partial charge >= 0.3 is 39.5 Å². The van der Waals surface area contributed by atoms with Crippen molar-refractivity contribution in [3.8, 4) is 0 Å². The lowest BCUT2D eigenvalue weighted by molar-refractivity contribution is -0.161. The molecule has 0 bridgehead atoms. The van der Waals surface area contributed by atoms with Crippen LogP contribution >= 0.6 is 15.6 Å². The molecule has 2 unspecified atom stereocenters. The van der Waals surface area contributed by atoms with Gasteiger partial charge in [-0.1, -0.05) is 401 Å². The molecule has 0 heterocycles. The fourth-order valence-electron chi connectivity index (χ4n) is 13.2. The van der Waals surface area contributed by atoms with Crippen LogP contribution in [0.3, 0.4) is 0 Å². The predicted molar refractivity (Wildman–Crippen MR) is 428 cm³/mol. The van der Waals surface area contributed by atoms with Crippen molar-refractivity contribution in [1.29, 1.82) is 0 Å². The highest BCUT2D eigenvalue weighted by Crippen LogP contribution is 2.45. The van der Waals surface area contributed by atoms with Gasteiger partial charge in [-0.2, -0.15) is 0 Å². The summed E-state index contributed by atoms with van der Waals surface area (Å²) in [7, 11) is -9.93. The average molecular weight is 1520 g/mol. The second kappa shape index (κ2) is 76.4. The molecule has 0 spiro atoms. The Balaban J connectivity index is 5.25. The van der Waals surface area contributed by atoms with Gasteiger partial charge in [0.15, 0.2) is 12.2 Å². The zero-order chi connectivity index (χ0) is 76.4. The molecule has 0 radical (unpaired) electrons. The molecule has 0 aliphatic carbocycles. The number of ether oxygens (including phenoxy) is 4. The largest absolute Gasteiger partial charge is 0.472 e. The van der Waals surface area contributed by atoms with Crippen LogP contribution in [-0.4, -0.2) is 96.7 Å². The zero-order valence-corrected chi connectivity index (χ0v) is 70.1. The minimum Gasteiger partial charge on any atom is -0.462 e. The van der Waals surface area contributed by atoms with Crippen molar-refractivity contribution in [3.05, 3.63) is 0 Å². The lowest BCUT2D eigenvalue weighted by Crippen LogP contribution is -2.30. The van der Waals surface area contributed by atoms with Gasteiger partial charge in [-0.15, -0.1) is 0 Å². The Kier molecular flexibility index (Phi) is 75.0. The van der Waals surface area contributed by atoms with E-state index in [0.29, 0.717) is 25.7 Å². The first-order valence-corrected chi connectivity index (χ1v) is 47.0. The lowest BCUT2D eigenvalue weighted by Gasteiger charge is -2.21. The molecule has 0 rings (SSSR count). The Morgan fingerprint density at radius 2 is 0.442 bits per heavy atom. The maximum Gasteiger partial charge on any atom is 0.472 e. The SMILES string of the molecule is CCCCCCCCCCCCCCCCCCCCCC(=O)OC[C@H](COP(=O)(O)OC[C@@H](O)COP(=O)(O)OC[C@@H](COC(=O)CCCCCCCCCCCC(C)C)OC(=O)CCCCCCCCCCCCCCCC)OC(=O)CCCCCCCCCCCCCCCCCCC(C)C. The smallest absolute Gasteiger partial charge is 0.462 e. The highest BCUT2D eigenvalue weighted by atomic mass is 31.2. The maximum absolute atomic E-state index is 13.1. The number of unbranched alkanes of at least 4 members (excludes halogenated alkanes) is 54. The summed E-state index contributed by atoms with van der Waals surface area (Å²) in [5.41, 5.74) is 0. The highest BCUT2D eigenvalue weighted by Gasteiger charge is 2.30. The Hall–Kier alpha value is -1.94. The van der Waals surface area contributed by atoms with E-state index in [9.17, 15) is 43.2 Å². The van der Waals surface area contributed by atoms with Crippen molar-refractivity contribution in [3.63, 3.8) is 0 Å². The number of carbonyl (C=O) groups excluding carboxylic acids is 4. The average Bonchev–Trinajstić information content (AvgIpc) is 0.914. The molecule has 0 aromatic heterocycles. The normalized spacial score (nSPS) is 13.8. The highest BCUT2D eigenvalue weighted by molar-refractivity contribution is 7.47. The molecule has 0 saturated heterocycles. The van der Waals surface area contributed by atoms with Crippen molar-refractivity contribution in [1.82, 2.24) is 0 Å². The van der Waals surface area contributed by atoms with Gasteiger partial charge in [-0.25, -0.2) is 9.13 Å². The Bertz CT molecular complexity index is 1990. The number of aliphatic hydroxyl groups is 1. The maximum atomic E-state index is 13.1. The van der Waals surface area contributed by atoms with Gasteiger partial charge in [0, 0.05) is 25.7 Å². The van der Waals surface area contributed by atoms with E-state index in [1.165, 1.54) is 270 Å². The minimum atomic E-state index is -4.97. The summed E-state index contributed by atoms with van der Waals surface area (Å²) in [5, 5.41) is 10.7. The quantitative estimate of drug-likeness (QED) is 0.0222. The molecule has 5 atom stereocenters. The van der Waals surface area contributed by atoms with Crippen molar-refractivity contribution >= 4 is 39.5 Å². The van der Waals surface area contributed by atoms with Crippen molar-refractivity contribution in [2.75, 3.05) is 39.6 Å². The third-order valence-electron chi connectivity index (χ3n) is 20.0. The van der Waals surface area contributed by atoms with Crippen LogP contribution in [0.5, 0.6) is 0 Å². The molecule has 0 saturated carbocycles. The molecular weight excluding hydrogens is 1350 g/mol. The number of esters is 4. The molecule has 0 aromatic carbocycles. The Morgan fingerprint density at radius 1 is 0.260 bits per heavy atom. The van der Waals surface area contributed by atoms with Crippen LogP contribution in [0.1, 0.15) is 452 Å². The van der Waals surface area contributed by atoms with Crippen molar-refractivity contribution < 1.29 is 80.2 Å². The van der Waals surface area contributed by atoms with Gasteiger partial charge in [0.05, 0.1) is 26.4 Å². The molecular formula is C85H166O17P2. The first kappa shape index (κ1) is 102. The summed E-state index contributed by atoms with van der Waals surface area (Å²) in [4.78, 5) is 73.2. The summed E-state index contributed by atoms with van der Waals surface area (Å²) in [6.07, 6.45) is 68.0. The molecule has 104 heavy (non-hydrogen) atoms. The van der Waals surface area contributed by atoms with E-state index in [0.717, 1.165) is 102 Å². The lowest BCUT2D eigenvalue weighted by atomic mass is 10.0. The van der Waals surface area contributed by atoms with E-state index in [1.54, 1.807) is 0 Å². The summed E-state index contributed by atoms with van der Waals surface area (Å²) >= 11 is 0. The van der Waals surface area contributed by atoms with E-state index in [4.69, 9.17) is 37.0 Å². The predicted octanol–water partition coefficient (Wildman–Crippen LogP) is 25.8. The van der Waals surface area contributed by atoms with Gasteiger partial charge < -0.3 is 33.8 Å². The first-order valence-electron chi connectivity index (χ1n) is 44.0. The van der Waals surface area contributed by atoms with Crippen LogP contribution in [0.25, 0.3) is 0 Å². The van der Waals surface area contributed by atoms with Gasteiger partial charge in [0.1, 0.15) is 19.3 Å². The van der Waals surface area contributed by atoms with E-state index in [2.05, 4.69) is 41.5 Å². The number of phosphoric acid groups is 2. The fourth-order valence-corrected chi connectivity index (χ4v) is 14.8. The molecule has 0 fully saturated rings. The van der Waals surface area contributed by atoms with Crippen molar-refractivity contribution in [2.45, 2.75) is 471 Å². The molecule has 0 aliphatic rings. The zero-order valence-electron chi connectivity index (χ0n) is 68.3. The third kappa shape index (κ3) is 78.2. The molecule has 618 valence electrons. The molecule has 0 amide bonds. The molecule has 17 nitrogen and oxygen atoms in total. The second-order valence-corrected chi connectivity index (χ2v) is 34.4. The number of carbonyl (C=O) groups is 4. The summed E-state index contributed by atoms with van der Waals surface area (Å²) in [5.74, 6) is -0.549. The number of aliphatic hydroxyl groups excluding tert-OH is 1. The number of phosphoric ester groups is 2. The van der Waals surface area contributed by atoms with Crippen LogP contribution in [0.15, 0.2) is 0 Å². The number of hydrogen-bond donors (Lipinski definition) is 3. The van der Waals surface area contributed by atoms with Crippen LogP contribution in [-0.2, 0) is 65.4 Å². The second-order valence-electron chi connectivity index (χ2n) is 31.5. The molecule has 0 aliphatic heterocycles. The van der Waals surface area contributed by atoms with Gasteiger partial charge in [-0.3, -0.25) is 37.3 Å². The number of rotatable bonds is 84. The summed E-state index contributed by atoms with van der Waals surface area (Å²) in [6.45, 7) is 9.68. The van der Waals surface area contributed by atoms with Gasteiger partial charge in [0.2, 0.25) is 0 Å². The van der Waals surface area contributed by atoms with Crippen LogP contribution in [0, 0.1) is 11.8 Å². The minimum absolute atomic E-state index is 0.108. The van der Waals surface area contributed by atoms with E-state index in [1.807, 2.05) is 0 Å². The standard InChI is InChI=1S/C85H166O17P2/c1-7-9-11-13-15-17-19-21-23-24-25-26-30-34-37-43-49-55-61-67-82(87)95-73-80(101-85(90)70-64-58-52-45-39-35-31-28-27-29-32-36-41-47-53-59-65-77(3)4)75-99-103(91,92)97-71-79(86)72-98-104(93,94)100-76-81(74-96-83(88)68-62-56-50-46-40-42-48-54-60-66-78(5)6)102-84(89)69-63-57-51-44-38-33-22-20-18-16-14-12-10-8-2/h77-81,86H,7-76H2,1-6H3,(H,91,92)(H,93,94)/t79-,80-,81-/m1/s1. The first-order chi connectivity index (χ1) is 50.4. The van der Waals surface area contributed by atoms with Crippen LogP contribution in [0.4, 0.5) is 0 Å².